The summed E-state index contributed by atoms with van der Waals surface area (Å²) in [6.45, 7) is 0. The lowest BCUT2D eigenvalue weighted by molar-refractivity contribution is 1.64. The van der Waals surface area contributed by atoms with Crippen LogP contribution >= 0.6 is 0 Å². The van der Waals surface area contributed by atoms with Crippen LogP contribution in [0.5, 0.6) is 0 Å². The largest absolute Gasteiger partial charge is 0.0691 e. The summed E-state index contributed by atoms with van der Waals surface area (Å²) in [5, 5.41) is 1.33. The number of rotatable bonds is 1. The first-order chi connectivity index (χ1) is 6.36. The zero-order valence-corrected chi connectivity index (χ0v) is 8.82. The minimum absolute atomic E-state index is 1.29. The lowest BCUT2D eigenvalue weighted by Crippen LogP contribution is -1.99. The molecule has 63 valence electrons. The van der Waals surface area contributed by atoms with E-state index in [9.17, 15) is 0 Å². The van der Waals surface area contributed by atoms with Crippen molar-refractivity contribution >= 4 is 15.4 Å². The molecule has 13 heavy (non-hydrogen) atoms. The summed E-state index contributed by atoms with van der Waals surface area (Å²) in [7, 11) is 1.92. The third kappa shape index (κ3) is 1.87. The van der Waals surface area contributed by atoms with Gasteiger partial charge < -0.3 is 0 Å². The van der Waals surface area contributed by atoms with E-state index in [1.54, 1.807) is 0 Å². The molecule has 0 nitrogen and oxygen atoms in total. The Morgan fingerprint density at radius 3 is 2.08 bits per heavy atom. The van der Waals surface area contributed by atoms with Crippen molar-refractivity contribution in [2.24, 2.45) is 0 Å². The Balaban J connectivity index is 2.48. The van der Waals surface area contributed by atoms with Crippen molar-refractivity contribution in [2.75, 3.05) is 0 Å². The second-order valence-electron chi connectivity index (χ2n) is 3.07. The van der Waals surface area contributed by atoms with Crippen molar-refractivity contribution in [3.63, 3.8) is 0 Å². The fourth-order valence-corrected chi connectivity index (χ4v) is 1.74. The van der Waals surface area contributed by atoms with E-state index >= 15 is 0 Å². The topological polar surface area (TPSA) is 0 Å². The maximum Gasteiger partial charge on any atom is 0.0477 e. The SMILES string of the molecule is [SiH2]c1cccc(-c2ccccc2)c1. The molecule has 2 rings (SSSR count). The van der Waals surface area contributed by atoms with Gasteiger partial charge in [0, 0.05) is 10.2 Å². The van der Waals surface area contributed by atoms with Crippen LogP contribution in [0.1, 0.15) is 0 Å². The van der Waals surface area contributed by atoms with Crippen LogP contribution in [0.2, 0.25) is 0 Å². The Labute approximate surface area is 81.7 Å². The van der Waals surface area contributed by atoms with Gasteiger partial charge in [0.2, 0.25) is 0 Å². The van der Waals surface area contributed by atoms with Gasteiger partial charge in [-0.05, 0) is 11.1 Å². The van der Waals surface area contributed by atoms with Gasteiger partial charge in [-0.3, -0.25) is 0 Å². The highest BCUT2D eigenvalue weighted by Gasteiger charge is 1.94. The summed E-state index contributed by atoms with van der Waals surface area (Å²) in [4.78, 5) is 0. The average molecular weight is 183 g/mol. The van der Waals surface area contributed by atoms with Gasteiger partial charge >= 0.3 is 0 Å². The predicted molar refractivity (Wildman–Crippen MR) is 60.1 cm³/mol. The van der Waals surface area contributed by atoms with Gasteiger partial charge in [0.25, 0.3) is 0 Å². The van der Waals surface area contributed by atoms with E-state index in [0.717, 1.165) is 0 Å². The first-order valence-corrected chi connectivity index (χ1v) is 5.04. The Morgan fingerprint density at radius 2 is 1.38 bits per heavy atom. The third-order valence-electron chi connectivity index (χ3n) is 2.03. The minimum Gasteiger partial charge on any atom is -0.0691 e. The summed E-state index contributed by atoms with van der Waals surface area (Å²) in [6.07, 6.45) is 0. The molecule has 0 spiro atoms. The molecular formula is C12H11Si. The zero-order valence-electron chi connectivity index (χ0n) is 7.40. The van der Waals surface area contributed by atoms with Gasteiger partial charge in [0.05, 0.1) is 0 Å². The first kappa shape index (κ1) is 8.26. The van der Waals surface area contributed by atoms with Gasteiger partial charge in [-0.2, -0.15) is 0 Å². The first-order valence-electron chi connectivity index (χ1n) is 4.34. The molecule has 0 atom stereocenters. The van der Waals surface area contributed by atoms with E-state index < -0.39 is 0 Å². The van der Waals surface area contributed by atoms with Gasteiger partial charge in [-0.15, -0.1) is 0 Å². The molecule has 0 aliphatic heterocycles. The van der Waals surface area contributed by atoms with Crippen LogP contribution in [0.4, 0.5) is 0 Å². The second kappa shape index (κ2) is 3.58. The monoisotopic (exact) mass is 183 g/mol. The molecule has 0 amide bonds. The van der Waals surface area contributed by atoms with Crippen LogP contribution in [-0.2, 0) is 0 Å². The predicted octanol–water partition coefficient (Wildman–Crippen LogP) is 1.61. The van der Waals surface area contributed by atoms with Crippen molar-refractivity contribution in [3.05, 3.63) is 54.6 Å². The molecule has 0 fully saturated rings. The highest BCUT2D eigenvalue weighted by molar-refractivity contribution is 6.32. The highest BCUT2D eigenvalue weighted by atomic mass is 28.1. The van der Waals surface area contributed by atoms with Crippen LogP contribution < -0.4 is 5.19 Å². The van der Waals surface area contributed by atoms with E-state index in [4.69, 9.17) is 0 Å². The molecule has 0 aliphatic rings. The van der Waals surface area contributed by atoms with E-state index in [1.807, 2.05) is 16.3 Å². The molecule has 0 heterocycles. The number of benzene rings is 2. The Morgan fingerprint density at radius 1 is 0.692 bits per heavy atom. The van der Waals surface area contributed by atoms with Crippen LogP contribution in [-0.4, -0.2) is 10.2 Å². The maximum absolute atomic E-state index is 2.22. The van der Waals surface area contributed by atoms with Crippen molar-refractivity contribution in [1.82, 2.24) is 0 Å². The molecule has 0 N–H and O–H groups in total. The van der Waals surface area contributed by atoms with Crippen molar-refractivity contribution < 1.29 is 0 Å². The molecule has 1 radical (unpaired) electrons. The third-order valence-corrected chi connectivity index (χ3v) is 2.47. The van der Waals surface area contributed by atoms with E-state index in [-0.39, 0.29) is 0 Å². The number of hydrogen-bond donors (Lipinski definition) is 0. The second-order valence-corrected chi connectivity index (χ2v) is 3.88. The molecule has 0 aromatic heterocycles. The Hall–Kier alpha value is -1.34. The summed E-state index contributed by atoms with van der Waals surface area (Å²) >= 11 is 0. The lowest BCUT2D eigenvalue weighted by Gasteiger charge is -2.01. The average Bonchev–Trinajstić information content (AvgIpc) is 2.19. The van der Waals surface area contributed by atoms with E-state index in [0.29, 0.717) is 0 Å². The van der Waals surface area contributed by atoms with Crippen LogP contribution in [0.25, 0.3) is 11.1 Å². The van der Waals surface area contributed by atoms with E-state index in [1.165, 1.54) is 16.3 Å². The molecule has 2 aromatic rings. The van der Waals surface area contributed by atoms with Crippen LogP contribution in [0.15, 0.2) is 54.6 Å². The molecule has 0 bridgehead atoms. The highest BCUT2D eigenvalue weighted by Crippen LogP contribution is 2.16. The Kier molecular flexibility index (Phi) is 2.28. The molecule has 1 heteroatoms. The van der Waals surface area contributed by atoms with Crippen molar-refractivity contribution in [2.45, 2.75) is 0 Å². The van der Waals surface area contributed by atoms with Gasteiger partial charge in [0.15, 0.2) is 0 Å². The summed E-state index contributed by atoms with van der Waals surface area (Å²) < 4.78 is 0. The van der Waals surface area contributed by atoms with Gasteiger partial charge in [0.1, 0.15) is 0 Å². The lowest BCUT2D eigenvalue weighted by atomic mass is 10.1. The fraction of sp³-hybridized carbons (Fsp3) is 0. The van der Waals surface area contributed by atoms with Gasteiger partial charge in [-0.25, -0.2) is 0 Å². The van der Waals surface area contributed by atoms with Crippen molar-refractivity contribution in [1.29, 1.82) is 0 Å². The number of hydrogen-bond acceptors (Lipinski definition) is 0. The van der Waals surface area contributed by atoms with Crippen LogP contribution in [0, 0.1) is 0 Å². The molecule has 0 saturated heterocycles. The summed E-state index contributed by atoms with van der Waals surface area (Å²) in [5.41, 5.74) is 2.59. The quantitative estimate of drug-likeness (QED) is 0.589. The molecule has 0 saturated carbocycles. The van der Waals surface area contributed by atoms with Crippen LogP contribution in [0.3, 0.4) is 0 Å². The Bertz CT molecular complexity index is 393. The molecule has 0 unspecified atom stereocenters. The maximum atomic E-state index is 2.22. The minimum atomic E-state index is 1.29. The molecular weight excluding hydrogens is 172 g/mol. The van der Waals surface area contributed by atoms with E-state index in [2.05, 4.69) is 48.5 Å². The van der Waals surface area contributed by atoms with Crippen molar-refractivity contribution in [3.8, 4) is 11.1 Å². The fourth-order valence-electron chi connectivity index (χ4n) is 1.38. The summed E-state index contributed by atoms with van der Waals surface area (Å²) in [5.74, 6) is 0. The molecule has 2 aromatic carbocycles. The standard InChI is InChI=1S/C12H11Si/c13-12-8-4-7-11(9-12)10-5-2-1-3-6-10/h1-9H,13H2. The van der Waals surface area contributed by atoms with Gasteiger partial charge in [-0.1, -0.05) is 59.8 Å². The normalized spacial score (nSPS) is 9.92. The molecule has 0 aliphatic carbocycles. The summed E-state index contributed by atoms with van der Waals surface area (Å²) in [6, 6.07) is 19.0. The zero-order chi connectivity index (χ0) is 9.10. The smallest absolute Gasteiger partial charge is 0.0477 e.